The summed E-state index contributed by atoms with van der Waals surface area (Å²) in [5.74, 6) is 0.692. The Kier molecular flexibility index (Phi) is 5.93. The maximum atomic E-state index is 12.7. The van der Waals surface area contributed by atoms with E-state index in [1.54, 1.807) is 41.5 Å². The van der Waals surface area contributed by atoms with E-state index in [2.05, 4.69) is 31.4 Å². The fraction of sp³-hybridized carbons (Fsp3) is 0.429. The third kappa shape index (κ3) is 4.47. The molecule has 0 spiro atoms. The maximum absolute atomic E-state index is 12.7. The second-order valence-electron chi connectivity index (χ2n) is 7.95. The van der Waals surface area contributed by atoms with Gasteiger partial charge in [0, 0.05) is 23.5 Å². The average molecular weight is 402 g/mol. The summed E-state index contributed by atoms with van der Waals surface area (Å²) in [5.41, 5.74) is 1.18. The Morgan fingerprint density at radius 1 is 1.29 bits per heavy atom. The average Bonchev–Trinajstić information content (AvgIpc) is 3.30. The molecule has 0 aliphatic carbocycles. The first kappa shape index (κ1) is 20.2. The van der Waals surface area contributed by atoms with Crippen molar-refractivity contribution in [3.8, 4) is 5.75 Å². The van der Waals surface area contributed by atoms with Gasteiger partial charge < -0.3 is 20.3 Å². The minimum absolute atomic E-state index is 0.0744. The third-order valence-electron chi connectivity index (χ3n) is 4.77. The molecule has 28 heavy (non-hydrogen) atoms. The monoisotopic (exact) mass is 401 g/mol. The first-order valence-corrected chi connectivity index (χ1v) is 10.3. The van der Waals surface area contributed by atoms with Crippen LogP contribution >= 0.6 is 11.3 Å². The van der Waals surface area contributed by atoms with E-state index >= 15 is 0 Å². The third-order valence-corrected chi connectivity index (χ3v) is 5.71. The SMILES string of the molecule is COc1ccc(NC(=O)NC(c2cccs2)C(C)(C)C)cc1N1CCCC1=O. The summed E-state index contributed by atoms with van der Waals surface area (Å²) in [4.78, 5) is 27.6. The van der Waals surface area contributed by atoms with Gasteiger partial charge in [0.2, 0.25) is 5.91 Å². The molecule has 2 N–H and O–H groups in total. The largest absolute Gasteiger partial charge is 0.495 e. The summed E-state index contributed by atoms with van der Waals surface area (Å²) in [5, 5.41) is 7.99. The van der Waals surface area contributed by atoms with Crippen LogP contribution in [0.25, 0.3) is 0 Å². The van der Waals surface area contributed by atoms with Crippen molar-refractivity contribution in [2.45, 2.75) is 39.7 Å². The van der Waals surface area contributed by atoms with E-state index in [1.165, 1.54) is 0 Å². The number of urea groups is 1. The molecule has 1 atom stereocenters. The van der Waals surface area contributed by atoms with Crippen LogP contribution in [0, 0.1) is 5.41 Å². The van der Waals surface area contributed by atoms with Crippen LogP contribution in [0.5, 0.6) is 5.75 Å². The second-order valence-corrected chi connectivity index (χ2v) is 8.93. The van der Waals surface area contributed by atoms with E-state index < -0.39 is 0 Å². The molecule has 1 aromatic heterocycles. The lowest BCUT2D eigenvalue weighted by Gasteiger charge is -2.30. The molecule has 1 saturated heterocycles. The number of nitrogens with one attached hydrogen (secondary N) is 2. The zero-order valence-corrected chi connectivity index (χ0v) is 17.6. The lowest BCUT2D eigenvalue weighted by atomic mass is 9.86. The molecule has 1 unspecified atom stereocenters. The van der Waals surface area contributed by atoms with Gasteiger partial charge in [-0.2, -0.15) is 0 Å². The Labute approximate surface area is 169 Å². The molecule has 150 valence electrons. The molecule has 3 amide bonds. The van der Waals surface area contributed by atoms with Gasteiger partial charge in [-0.3, -0.25) is 4.79 Å². The number of methoxy groups -OCH3 is 1. The van der Waals surface area contributed by atoms with Gasteiger partial charge in [-0.25, -0.2) is 4.79 Å². The highest BCUT2D eigenvalue weighted by Crippen LogP contribution is 2.36. The minimum atomic E-state index is -0.280. The van der Waals surface area contributed by atoms with Crippen LogP contribution in [-0.4, -0.2) is 25.6 Å². The van der Waals surface area contributed by atoms with Gasteiger partial charge in [0.05, 0.1) is 18.8 Å². The van der Waals surface area contributed by atoms with Crippen LogP contribution in [0.1, 0.15) is 44.5 Å². The first-order chi connectivity index (χ1) is 13.3. The quantitative estimate of drug-likeness (QED) is 0.756. The molecule has 2 aromatic rings. The molecule has 1 fully saturated rings. The van der Waals surface area contributed by atoms with Crippen molar-refractivity contribution < 1.29 is 14.3 Å². The topological polar surface area (TPSA) is 70.7 Å². The maximum Gasteiger partial charge on any atom is 0.319 e. The molecule has 7 heteroatoms. The Morgan fingerprint density at radius 3 is 2.64 bits per heavy atom. The predicted molar refractivity (Wildman–Crippen MR) is 113 cm³/mol. The molecule has 2 heterocycles. The van der Waals surface area contributed by atoms with Crippen molar-refractivity contribution >= 4 is 34.6 Å². The Bertz CT molecular complexity index is 843. The zero-order chi connectivity index (χ0) is 20.3. The van der Waals surface area contributed by atoms with E-state index in [0.717, 1.165) is 11.3 Å². The fourth-order valence-corrected chi connectivity index (χ4v) is 4.37. The number of nitrogens with zero attached hydrogens (tertiary/aromatic N) is 1. The predicted octanol–water partition coefficient (Wildman–Crippen LogP) is 4.79. The summed E-state index contributed by atoms with van der Waals surface area (Å²) in [6.07, 6.45) is 1.36. The lowest BCUT2D eigenvalue weighted by molar-refractivity contribution is -0.117. The summed E-state index contributed by atoms with van der Waals surface area (Å²) in [7, 11) is 1.58. The summed E-state index contributed by atoms with van der Waals surface area (Å²) in [6.45, 7) is 6.96. The lowest BCUT2D eigenvalue weighted by Crippen LogP contribution is -2.38. The van der Waals surface area contributed by atoms with Crippen LogP contribution < -0.4 is 20.3 Å². The highest BCUT2D eigenvalue weighted by Gasteiger charge is 2.29. The number of benzene rings is 1. The number of carbonyl (C=O) groups excluding carboxylic acids is 2. The van der Waals surface area contributed by atoms with Crippen molar-refractivity contribution in [1.82, 2.24) is 5.32 Å². The number of hydrogen-bond donors (Lipinski definition) is 2. The number of rotatable bonds is 5. The van der Waals surface area contributed by atoms with Crippen LogP contribution in [0.15, 0.2) is 35.7 Å². The number of anilines is 2. The molecule has 1 aliphatic heterocycles. The molecular weight excluding hydrogens is 374 g/mol. The normalized spacial score (nSPS) is 15.4. The van der Waals surface area contributed by atoms with E-state index in [4.69, 9.17) is 4.74 Å². The minimum Gasteiger partial charge on any atom is -0.495 e. The molecular formula is C21H27N3O3S. The summed E-state index contributed by atoms with van der Waals surface area (Å²) in [6, 6.07) is 8.98. The van der Waals surface area contributed by atoms with Gasteiger partial charge in [-0.15, -0.1) is 11.3 Å². The van der Waals surface area contributed by atoms with Crippen LogP contribution in [-0.2, 0) is 4.79 Å². The standard InChI is InChI=1S/C21H27N3O3S/c1-21(2,3)19(17-7-6-12-28-17)23-20(26)22-14-9-10-16(27-4)15(13-14)24-11-5-8-18(24)25/h6-7,9-10,12-13,19H,5,8,11H2,1-4H3,(H2,22,23,26). The molecule has 0 bridgehead atoms. The van der Waals surface area contributed by atoms with E-state index in [0.29, 0.717) is 30.1 Å². The zero-order valence-electron chi connectivity index (χ0n) is 16.7. The van der Waals surface area contributed by atoms with E-state index in [9.17, 15) is 9.59 Å². The summed E-state index contributed by atoms with van der Waals surface area (Å²) >= 11 is 1.63. The first-order valence-electron chi connectivity index (χ1n) is 9.39. The number of hydrogen-bond acceptors (Lipinski definition) is 4. The molecule has 1 aromatic carbocycles. The molecule has 6 nitrogen and oxygen atoms in total. The van der Waals surface area contributed by atoms with Crippen molar-refractivity contribution in [3.63, 3.8) is 0 Å². The smallest absolute Gasteiger partial charge is 0.319 e. The van der Waals surface area contributed by atoms with E-state index in [-0.39, 0.29) is 23.4 Å². The fourth-order valence-electron chi connectivity index (χ4n) is 3.35. The van der Waals surface area contributed by atoms with Crippen LogP contribution in [0.2, 0.25) is 0 Å². The van der Waals surface area contributed by atoms with Gasteiger partial charge in [0.1, 0.15) is 5.75 Å². The Morgan fingerprint density at radius 2 is 2.07 bits per heavy atom. The van der Waals surface area contributed by atoms with Crippen molar-refractivity contribution in [2.75, 3.05) is 23.9 Å². The molecule has 0 saturated carbocycles. The van der Waals surface area contributed by atoms with Crippen LogP contribution in [0.4, 0.5) is 16.2 Å². The van der Waals surface area contributed by atoms with E-state index in [1.807, 2.05) is 17.5 Å². The molecule has 1 aliphatic rings. The van der Waals surface area contributed by atoms with Gasteiger partial charge in [-0.1, -0.05) is 26.8 Å². The van der Waals surface area contributed by atoms with Gasteiger partial charge in [0.15, 0.2) is 0 Å². The number of amides is 3. The van der Waals surface area contributed by atoms with Crippen molar-refractivity contribution in [3.05, 3.63) is 40.6 Å². The van der Waals surface area contributed by atoms with Crippen LogP contribution in [0.3, 0.4) is 0 Å². The number of carbonyl (C=O) groups is 2. The van der Waals surface area contributed by atoms with Crippen molar-refractivity contribution in [2.24, 2.45) is 5.41 Å². The molecule has 0 radical (unpaired) electrons. The second kappa shape index (κ2) is 8.22. The van der Waals surface area contributed by atoms with Gasteiger partial charge in [-0.05, 0) is 41.5 Å². The van der Waals surface area contributed by atoms with Gasteiger partial charge >= 0.3 is 6.03 Å². The number of thiophene rings is 1. The molecule has 3 rings (SSSR count). The van der Waals surface area contributed by atoms with Gasteiger partial charge in [0.25, 0.3) is 0 Å². The summed E-state index contributed by atoms with van der Waals surface area (Å²) < 4.78 is 5.40. The van der Waals surface area contributed by atoms with Crippen molar-refractivity contribution in [1.29, 1.82) is 0 Å². The Hall–Kier alpha value is -2.54. The highest BCUT2D eigenvalue weighted by atomic mass is 32.1. The Balaban J connectivity index is 1.77. The number of ether oxygens (including phenoxy) is 1. The highest BCUT2D eigenvalue weighted by molar-refractivity contribution is 7.10.